The Morgan fingerprint density at radius 2 is 2.00 bits per heavy atom. The predicted octanol–water partition coefficient (Wildman–Crippen LogP) is 3.77. The maximum absolute atomic E-state index is 11.7. The van der Waals surface area contributed by atoms with Gasteiger partial charge in [-0.15, -0.1) is 0 Å². The molecular weight excluding hydrogens is 368 g/mol. The van der Waals surface area contributed by atoms with Gasteiger partial charge in [-0.1, -0.05) is 0 Å². The second-order valence-electron chi connectivity index (χ2n) is 6.56. The van der Waals surface area contributed by atoms with E-state index >= 15 is 0 Å². The minimum atomic E-state index is -3.12. The van der Waals surface area contributed by atoms with Crippen LogP contribution in [0.15, 0.2) is 47.4 Å². The third kappa shape index (κ3) is 3.60. The molecule has 3 heterocycles. The van der Waals surface area contributed by atoms with Crippen molar-refractivity contribution >= 4 is 32.1 Å². The van der Waals surface area contributed by atoms with Crippen molar-refractivity contribution in [3.63, 3.8) is 0 Å². The van der Waals surface area contributed by atoms with E-state index < -0.39 is 10.0 Å². The molecule has 0 unspecified atom stereocenters. The molecule has 0 atom stereocenters. The molecule has 3 aromatic rings. The Balaban J connectivity index is 1.62. The molecular formula is C19H20N2O3S2. The van der Waals surface area contributed by atoms with Crippen LogP contribution in [-0.2, 0) is 10.0 Å². The fourth-order valence-corrected chi connectivity index (χ4v) is 4.86. The Bertz CT molecular complexity index is 1010. The molecule has 26 heavy (non-hydrogen) atoms. The number of nitrogens with zero attached hydrogens (tertiary/aromatic N) is 2. The van der Waals surface area contributed by atoms with Crippen LogP contribution in [0.4, 0.5) is 0 Å². The lowest BCUT2D eigenvalue weighted by atomic mass is 10.0. The summed E-state index contributed by atoms with van der Waals surface area (Å²) >= 11 is 1.67. The minimum Gasteiger partial charge on any atom is -0.490 e. The molecule has 2 aromatic heterocycles. The van der Waals surface area contributed by atoms with Crippen molar-refractivity contribution < 1.29 is 13.2 Å². The zero-order valence-corrected chi connectivity index (χ0v) is 16.1. The number of aromatic nitrogens is 1. The van der Waals surface area contributed by atoms with Gasteiger partial charge in [0.15, 0.2) is 0 Å². The summed E-state index contributed by atoms with van der Waals surface area (Å²) in [4.78, 5) is 4.24. The van der Waals surface area contributed by atoms with Crippen molar-refractivity contribution in [2.24, 2.45) is 0 Å². The van der Waals surface area contributed by atoms with Gasteiger partial charge in [0.25, 0.3) is 0 Å². The van der Waals surface area contributed by atoms with E-state index in [0.29, 0.717) is 25.9 Å². The van der Waals surface area contributed by atoms with Crippen LogP contribution < -0.4 is 4.74 Å². The Morgan fingerprint density at radius 1 is 1.19 bits per heavy atom. The Morgan fingerprint density at radius 3 is 2.69 bits per heavy atom. The van der Waals surface area contributed by atoms with Crippen LogP contribution in [-0.4, -0.2) is 43.2 Å². The van der Waals surface area contributed by atoms with Gasteiger partial charge in [-0.2, -0.15) is 11.3 Å². The largest absolute Gasteiger partial charge is 0.490 e. The van der Waals surface area contributed by atoms with Crippen LogP contribution in [0.3, 0.4) is 0 Å². The maximum Gasteiger partial charge on any atom is 0.211 e. The fourth-order valence-electron chi connectivity index (χ4n) is 3.32. The zero-order chi connectivity index (χ0) is 18.1. The molecule has 1 aliphatic heterocycles. The second kappa shape index (κ2) is 6.98. The predicted molar refractivity (Wildman–Crippen MR) is 105 cm³/mol. The molecule has 1 saturated heterocycles. The zero-order valence-electron chi connectivity index (χ0n) is 14.5. The average Bonchev–Trinajstić information content (AvgIpc) is 3.16. The molecule has 1 aliphatic rings. The van der Waals surface area contributed by atoms with Crippen molar-refractivity contribution in [2.75, 3.05) is 19.3 Å². The third-order valence-corrected chi connectivity index (χ3v) is 6.72. The summed E-state index contributed by atoms with van der Waals surface area (Å²) in [6.07, 6.45) is 6.27. The highest BCUT2D eigenvalue weighted by molar-refractivity contribution is 7.88. The van der Waals surface area contributed by atoms with E-state index in [0.717, 1.165) is 22.1 Å². The first-order valence-electron chi connectivity index (χ1n) is 8.53. The van der Waals surface area contributed by atoms with Crippen LogP contribution in [0, 0.1) is 0 Å². The van der Waals surface area contributed by atoms with Gasteiger partial charge in [0, 0.05) is 30.9 Å². The van der Waals surface area contributed by atoms with Gasteiger partial charge in [0.05, 0.1) is 6.26 Å². The van der Waals surface area contributed by atoms with Gasteiger partial charge >= 0.3 is 0 Å². The van der Waals surface area contributed by atoms with Crippen LogP contribution in [0.1, 0.15) is 12.8 Å². The summed E-state index contributed by atoms with van der Waals surface area (Å²) in [6.45, 7) is 1.01. The van der Waals surface area contributed by atoms with Gasteiger partial charge in [-0.3, -0.25) is 4.98 Å². The summed E-state index contributed by atoms with van der Waals surface area (Å²) in [7, 11) is -3.12. The first-order valence-corrected chi connectivity index (χ1v) is 11.3. The highest BCUT2D eigenvalue weighted by atomic mass is 32.2. The van der Waals surface area contributed by atoms with E-state index in [1.807, 2.05) is 12.3 Å². The van der Waals surface area contributed by atoms with Crippen molar-refractivity contribution in [1.29, 1.82) is 0 Å². The summed E-state index contributed by atoms with van der Waals surface area (Å²) in [5.41, 5.74) is 2.29. The molecule has 0 N–H and O–H groups in total. The van der Waals surface area contributed by atoms with E-state index in [9.17, 15) is 8.42 Å². The van der Waals surface area contributed by atoms with E-state index in [-0.39, 0.29) is 6.10 Å². The molecule has 0 bridgehead atoms. The lowest BCUT2D eigenvalue weighted by molar-refractivity contribution is 0.137. The monoisotopic (exact) mass is 388 g/mol. The highest BCUT2D eigenvalue weighted by Gasteiger charge is 2.26. The lowest BCUT2D eigenvalue weighted by Gasteiger charge is -2.30. The number of hydrogen-bond donors (Lipinski definition) is 0. The molecule has 0 aliphatic carbocycles. The highest BCUT2D eigenvalue weighted by Crippen LogP contribution is 2.34. The van der Waals surface area contributed by atoms with Crippen molar-refractivity contribution in [3.8, 4) is 16.9 Å². The number of ether oxygens (including phenoxy) is 1. The summed E-state index contributed by atoms with van der Waals surface area (Å²) < 4.78 is 31.2. The van der Waals surface area contributed by atoms with Gasteiger partial charge in [-0.25, -0.2) is 12.7 Å². The van der Waals surface area contributed by atoms with E-state index in [1.54, 1.807) is 17.5 Å². The number of pyridine rings is 1. The van der Waals surface area contributed by atoms with E-state index in [4.69, 9.17) is 4.74 Å². The topological polar surface area (TPSA) is 59.5 Å². The first kappa shape index (κ1) is 17.5. The number of sulfonamides is 1. The van der Waals surface area contributed by atoms with Crippen LogP contribution >= 0.6 is 11.3 Å². The molecule has 1 fully saturated rings. The quantitative estimate of drug-likeness (QED) is 0.683. The summed E-state index contributed by atoms with van der Waals surface area (Å²) in [5, 5.41) is 6.26. The Hall–Kier alpha value is -1.96. The molecule has 0 amide bonds. The second-order valence-corrected chi connectivity index (χ2v) is 9.32. The molecule has 4 rings (SSSR count). The summed E-state index contributed by atoms with van der Waals surface area (Å²) in [5.74, 6) is 0.814. The normalized spacial score (nSPS) is 16.8. The molecule has 0 radical (unpaired) electrons. The fraction of sp³-hybridized carbons (Fsp3) is 0.316. The third-order valence-electron chi connectivity index (χ3n) is 4.74. The molecule has 0 saturated carbocycles. The molecule has 1 aromatic carbocycles. The molecule has 0 spiro atoms. The molecule has 7 heteroatoms. The smallest absolute Gasteiger partial charge is 0.211 e. The van der Waals surface area contributed by atoms with Crippen LogP contribution in [0.2, 0.25) is 0 Å². The number of hydrogen-bond acceptors (Lipinski definition) is 5. The van der Waals surface area contributed by atoms with E-state index in [2.05, 4.69) is 33.9 Å². The summed E-state index contributed by atoms with van der Waals surface area (Å²) in [6, 6.07) is 8.30. The number of piperidine rings is 1. The molecule has 5 nitrogen and oxygen atoms in total. The number of fused-ring (bicyclic) bond motifs is 1. The number of rotatable bonds is 4. The van der Waals surface area contributed by atoms with Crippen LogP contribution in [0.5, 0.6) is 5.75 Å². The number of benzene rings is 1. The SMILES string of the molecule is CS(=O)(=O)N1CCC(Oc2cc(-c3ccsc3)cc3ccncc23)CC1. The van der Waals surface area contributed by atoms with Crippen LogP contribution in [0.25, 0.3) is 21.9 Å². The van der Waals surface area contributed by atoms with Gasteiger partial charge in [-0.05, 0) is 64.4 Å². The molecule has 136 valence electrons. The van der Waals surface area contributed by atoms with E-state index in [1.165, 1.54) is 16.1 Å². The minimum absolute atomic E-state index is 0.00845. The lowest BCUT2D eigenvalue weighted by Crippen LogP contribution is -2.41. The first-order chi connectivity index (χ1) is 12.5. The van der Waals surface area contributed by atoms with Crippen molar-refractivity contribution in [1.82, 2.24) is 9.29 Å². The van der Waals surface area contributed by atoms with Gasteiger partial charge in [0.1, 0.15) is 11.9 Å². The van der Waals surface area contributed by atoms with Gasteiger partial charge in [0.2, 0.25) is 10.0 Å². The van der Waals surface area contributed by atoms with Gasteiger partial charge < -0.3 is 4.74 Å². The van der Waals surface area contributed by atoms with Crippen molar-refractivity contribution in [3.05, 3.63) is 47.4 Å². The Kier molecular flexibility index (Phi) is 4.69. The van der Waals surface area contributed by atoms with Crippen molar-refractivity contribution in [2.45, 2.75) is 18.9 Å². The average molecular weight is 389 g/mol. The Labute approximate surface area is 157 Å². The standard InChI is InChI=1S/C19H20N2O3S2/c1-26(22,23)21-7-3-17(4-8-21)24-19-11-16(15-5-9-25-13-15)10-14-2-6-20-12-18(14)19/h2,5-6,9-13,17H,3-4,7-8H2,1H3. The maximum atomic E-state index is 11.7. The number of thiophene rings is 1.